The molecule has 17 heavy (non-hydrogen) atoms. The topological polar surface area (TPSA) is 103 Å². The summed E-state index contributed by atoms with van der Waals surface area (Å²) in [7, 11) is 0. The number of amides is 1. The van der Waals surface area contributed by atoms with Gasteiger partial charge in [0.1, 0.15) is 17.4 Å². The van der Waals surface area contributed by atoms with Crippen molar-refractivity contribution >= 4 is 22.9 Å². The first kappa shape index (κ1) is 10.8. The van der Waals surface area contributed by atoms with E-state index in [-0.39, 0.29) is 11.3 Å². The van der Waals surface area contributed by atoms with Gasteiger partial charge >= 0.3 is 0 Å². The Morgan fingerprint density at radius 3 is 2.94 bits per heavy atom. The fourth-order valence-corrected chi connectivity index (χ4v) is 1.56. The Balaban J connectivity index is 2.61. The van der Waals surface area contributed by atoms with Crippen LogP contribution in [0.1, 0.15) is 5.56 Å². The maximum Gasteiger partial charge on any atom is 0.259 e. The molecule has 0 atom stereocenters. The summed E-state index contributed by atoms with van der Waals surface area (Å²) in [6.45, 7) is 0. The van der Waals surface area contributed by atoms with E-state index in [1.807, 2.05) is 0 Å². The van der Waals surface area contributed by atoms with Gasteiger partial charge in [-0.1, -0.05) is 0 Å². The van der Waals surface area contributed by atoms with Crippen molar-refractivity contribution in [1.29, 1.82) is 5.26 Å². The molecule has 1 heterocycles. The van der Waals surface area contributed by atoms with Crippen LogP contribution in [0, 0.1) is 11.3 Å². The standard InChI is InChI=1S/C12H9N3O2/c13-5-7(12(14)17)3-8-6-15-11-2-1-9(16)4-10(8)11/h1-4,6,15-16H,(H2,14,17)/b7-3+. The number of hydrogen-bond acceptors (Lipinski definition) is 3. The van der Waals surface area contributed by atoms with Crippen LogP contribution < -0.4 is 5.73 Å². The molecule has 0 aliphatic carbocycles. The molecule has 0 spiro atoms. The SMILES string of the molecule is N#C/C(=C\c1c[nH]c2ccc(O)cc12)C(N)=O. The highest BCUT2D eigenvalue weighted by molar-refractivity contribution is 6.03. The van der Waals surface area contributed by atoms with Crippen LogP contribution in [0.2, 0.25) is 0 Å². The lowest BCUT2D eigenvalue weighted by Gasteiger charge is -1.95. The number of H-pyrrole nitrogens is 1. The summed E-state index contributed by atoms with van der Waals surface area (Å²) in [5.74, 6) is -0.661. The highest BCUT2D eigenvalue weighted by Gasteiger charge is 2.07. The number of phenolic OH excluding ortho intramolecular Hbond substituents is 1. The van der Waals surface area contributed by atoms with Crippen LogP contribution in [0.5, 0.6) is 5.75 Å². The monoisotopic (exact) mass is 227 g/mol. The number of phenols is 1. The van der Waals surface area contributed by atoms with Gasteiger partial charge in [-0.25, -0.2) is 0 Å². The summed E-state index contributed by atoms with van der Waals surface area (Å²) < 4.78 is 0. The van der Waals surface area contributed by atoms with Gasteiger partial charge in [0.05, 0.1) is 0 Å². The first-order valence-electron chi connectivity index (χ1n) is 4.83. The molecule has 0 unspecified atom stereocenters. The number of hydrogen-bond donors (Lipinski definition) is 3. The number of nitrogens with two attached hydrogens (primary N) is 1. The van der Waals surface area contributed by atoms with Crippen molar-refractivity contribution in [2.45, 2.75) is 0 Å². The number of rotatable bonds is 2. The zero-order valence-electron chi connectivity index (χ0n) is 8.77. The van der Waals surface area contributed by atoms with E-state index in [0.717, 1.165) is 10.9 Å². The Labute approximate surface area is 96.8 Å². The fourth-order valence-electron chi connectivity index (χ4n) is 1.56. The highest BCUT2D eigenvalue weighted by Crippen LogP contribution is 2.24. The van der Waals surface area contributed by atoms with E-state index < -0.39 is 5.91 Å². The molecule has 5 nitrogen and oxygen atoms in total. The molecule has 2 aromatic rings. The number of nitrogens with one attached hydrogen (secondary N) is 1. The predicted molar refractivity (Wildman–Crippen MR) is 62.7 cm³/mol. The van der Waals surface area contributed by atoms with Gasteiger partial charge in [-0.3, -0.25) is 4.79 Å². The van der Waals surface area contributed by atoms with Crippen LogP contribution in [-0.2, 0) is 4.79 Å². The van der Waals surface area contributed by atoms with Crippen LogP contribution in [0.15, 0.2) is 30.0 Å². The van der Waals surface area contributed by atoms with Crippen LogP contribution >= 0.6 is 0 Å². The van der Waals surface area contributed by atoms with E-state index in [2.05, 4.69) is 4.98 Å². The van der Waals surface area contributed by atoms with Gasteiger partial charge in [0, 0.05) is 22.7 Å². The van der Waals surface area contributed by atoms with E-state index in [4.69, 9.17) is 11.0 Å². The molecule has 84 valence electrons. The van der Waals surface area contributed by atoms with Gasteiger partial charge < -0.3 is 15.8 Å². The molecule has 4 N–H and O–H groups in total. The lowest BCUT2D eigenvalue weighted by atomic mass is 10.1. The van der Waals surface area contributed by atoms with Gasteiger partial charge in [-0.2, -0.15) is 5.26 Å². The Hall–Kier alpha value is -2.74. The average molecular weight is 227 g/mol. The van der Waals surface area contributed by atoms with E-state index in [9.17, 15) is 9.90 Å². The van der Waals surface area contributed by atoms with Crippen molar-refractivity contribution in [3.05, 3.63) is 35.5 Å². The second-order valence-corrected chi connectivity index (χ2v) is 3.51. The molecule has 0 bridgehead atoms. The molecular weight excluding hydrogens is 218 g/mol. The Morgan fingerprint density at radius 1 is 1.53 bits per heavy atom. The minimum absolute atomic E-state index is 0.115. The third kappa shape index (κ3) is 1.96. The molecule has 1 amide bonds. The summed E-state index contributed by atoms with van der Waals surface area (Å²) in [6.07, 6.45) is 3.03. The van der Waals surface area contributed by atoms with Crippen molar-refractivity contribution < 1.29 is 9.90 Å². The van der Waals surface area contributed by atoms with Gasteiger partial charge in [-0.15, -0.1) is 0 Å². The Morgan fingerprint density at radius 2 is 2.29 bits per heavy atom. The maximum atomic E-state index is 10.9. The van der Waals surface area contributed by atoms with Crippen molar-refractivity contribution in [2.75, 3.05) is 0 Å². The summed E-state index contributed by atoms with van der Waals surface area (Å²) in [5.41, 5.74) is 6.35. The zero-order chi connectivity index (χ0) is 12.4. The van der Waals surface area contributed by atoms with Crippen molar-refractivity contribution in [3.63, 3.8) is 0 Å². The number of nitrogens with zero attached hydrogens (tertiary/aromatic N) is 1. The second kappa shape index (κ2) is 4.02. The number of nitriles is 1. The first-order valence-corrected chi connectivity index (χ1v) is 4.83. The second-order valence-electron chi connectivity index (χ2n) is 3.51. The van der Waals surface area contributed by atoms with Gasteiger partial charge in [-0.05, 0) is 24.3 Å². The van der Waals surface area contributed by atoms with Gasteiger partial charge in [0.2, 0.25) is 0 Å². The average Bonchev–Trinajstić information content (AvgIpc) is 2.68. The fraction of sp³-hybridized carbons (Fsp3) is 0. The maximum absolute atomic E-state index is 10.9. The molecule has 0 saturated heterocycles. The predicted octanol–water partition coefficient (Wildman–Crippen LogP) is 1.27. The van der Waals surface area contributed by atoms with E-state index >= 15 is 0 Å². The molecule has 0 aliphatic rings. The Kier molecular flexibility index (Phi) is 2.55. The number of carbonyl (C=O) groups is 1. The number of carbonyl (C=O) groups excluding carboxylic acids is 1. The summed E-state index contributed by atoms with van der Waals surface area (Å²) in [4.78, 5) is 13.9. The number of aromatic nitrogens is 1. The van der Waals surface area contributed by atoms with Crippen LogP contribution in [0.3, 0.4) is 0 Å². The summed E-state index contributed by atoms with van der Waals surface area (Å²) in [5, 5.41) is 18.8. The molecule has 2 rings (SSSR count). The smallest absolute Gasteiger partial charge is 0.259 e. The molecule has 0 aliphatic heterocycles. The van der Waals surface area contributed by atoms with Crippen LogP contribution in [-0.4, -0.2) is 16.0 Å². The minimum Gasteiger partial charge on any atom is -0.508 e. The third-order valence-corrected chi connectivity index (χ3v) is 2.38. The minimum atomic E-state index is -0.776. The number of primary amides is 1. The normalized spacial score (nSPS) is 11.4. The summed E-state index contributed by atoms with van der Waals surface area (Å²) >= 11 is 0. The molecule has 1 aromatic heterocycles. The van der Waals surface area contributed by atoms with E-state index in [0.29, 0.717) is 5.56 Å². The van der Waals surface area contributed by atoms with Crippen molar-refractivity contribution in [2.24, 2.45) is 5.73 Å². The summed E-state index contributed by atoms with van der Waals surface area (Å²) in [6, 6.07) is 6.53. The molecule has 5 heteroatoms. The third-order valence-electron chi connectivity index (χ3n) is 2.38. The molecule has 1 aromatic carbocycles. The lowest BCUT2D eigenvalue weighted by molar-refractivity contribution is -0.114. The van der Waals surface area contributed by atoms with Crippen LogP contribution in [0.25, 0.3) is 17.0 Å². The largest absolute Gasteiger partial charge is 0.508 e. The van der Waals surface area contributed by atoms with Crippen LogP contribution in [0.4, 0.5) is 0 Å². The Bertz CT molecular complexity index is 662. The number of aromatic hydroxyl groups is 1. The molecule has 0 saturated carbocycles. The first-order chi connectivity index (χ1) is 8.11. The number of benzene rings is 1. The van der Waals surface area contributed by atoms with Gasteiger partial charge in [0.15, 0.2) is 0 Å². The van der Waals surface area contributed by atoms with Crippen molar-refractivity contribution in [1.82, 2.24) is 4.98 Å². The van der Waals surface area contributed by atoms with E-state index in [1.165, 1.54) is 6.08 Å². The number of fused-ring (bicyclic) bond motifs is 1. The molecule has 0 radical (unpaired) electrons. The van der Waals surface area contributed by atoms with Crippen molar-refractivity contribution in [3.8, 4) is 11.8 Å². The quantitative estimate of drug-likeness (QED) is 0.531. The van der Waals surface area contributed by atoms with Gasteiger partial charge in [0.25, 0.3) is 5.91 Å². The zero-order valence-corrected chi connectivity index (χ0v) is 8.77. The molecular formula is C12H9N3O2. The van der Waals surface area contributed by atoms with E-state index in [1.54, 1.807) is 30.5 Å². The lowest BCUT2D eigenvalue weighted by Crippen LogP contribution is -2.12. The molecule has 0 fully saturated rings. The number of aromatic amines is 1. The highest BCUT2D eigenvalue weighted by atomic mass is 16.3.